The zero-order valence-corrected chi connectivity index (χ0v) is 10.8. The molecule has 98 valence electrons. The van der Waals surface area contributed by atoms with Gasteiger partial charge in [-0.25, -0.2) is 4.99 Å². The molecule has 0 aromatic heterocycles. The van der Waals surface area contributed by atoms with E-state index < -0.39 is 0 Å². The third-order valence-electron chi connectivity index (χ3n) is 3.70. The van der Waals surface area contributed by atoms with Crippen LogP contribution in [0.3, 0.4) is 0 Å². The predicted octanol–water partition coefficient (Wildman–Crippen LogP) is 2.10. The molecule has 0 atom stereocenters. The third-order valence-corrected chi connectivity index (χ3v) is 3.70. The molecule has 1 heterocycles. The van der Waals surface area contributed by atoms with Gasteiger partial charge in [0.15, 0.2) is 6.67 Å². The van der Waals surface area contributed by atoms with Crippen LogP contribution in [-0.4, -0.2) is 17.8 Å². The fourth-order valence-corrected chi connectivity index (χ4v) is 2.64. The van der Waals surface area contributed by atoms with Gasteiger partial charge in [-0.2, -0.15) is 0 Å². The van der Waals surface area contributed by atoms with E-state index in [0.29, 0.717) is 17.4 Å². The Hall–Kier alpha value is -1.68. The van der Waals surface area contributed by atoms with Gasteiger partial charge in [0.2, 0.25) is 0 Å². The summed E-state index contributed by atoms with van der Waals surface area (Å²) in [6.45, 7) is 2.88. The first kappa shape index (κ1) is 12.4. The molecule has 4 heteroatoms. The van der Waals surface area contributed by atoms with Crippen LogP contribution >= 0.6 is 0 Å². The van der Waals surface area contributed by atoms with Crippen LogP contribution in [0.4, 0.5) is 0 Å². The molecule has 2 aliphatic rings. The van der Waals surface area contributed by atoms with Gasteiger partial charge < -0.3 is 5.32 Å². The highest BCUT2D eigenvalue weighted by atomic mass is 16.2. The number of fused-ring (bicyclic) bond motifs is 1. The lowest BCUT2D eigenvalue weighted by Crippen LogP contribution is -2.29. The molecule has 1 aromatic rings. The van der Waals surface area contributed by atoms with E-state index in [-0.39, 0.29) is 5.91 Å². The number of carbonyl (C=O) groups is 1. The van der Waals surface area contributed by atoms with E-state index in [1.54, 1.807) is 0 Å². The lowest BCUT2D eigenvalue weighted by atomic mass is 9.96. The lowest BCUT2D eigenvalue weighted by Gasteiger charge is -2.21. The molecule has 0 unspecified atom stereocenters. The van der Waals surface area contributed by atoms with Gasteiger partial charge in [-0.3, -0.25) is 10.1 Å². The SMILES string of the molecule is O=C1N/C(=N\[C]NC2CCCCC2)c2ccccc21. The normalized spacial score (nSPS) is 21.5. The molecule has 19 heavy (non-hydrogen) atoms. The number of carbonyl (C=O) groups excluding carboxylic acids is 1. The molecule has 1 aliphatic carbocycles. The van der Waals surface area contributed by atoms with Crippen molar-refractivity contribution in [1.82, 2.24) is 10.6 Å². The average Bonchev–Trinajstić information content (AvgIpc) is 2.78. The van der Waals surface area contributed by atoms with Gasteiger partial charge in [0, 0.05) is 11.6 Å². The monoisotopic (exact) mass is 255 g/mol. The summed E-state index contributed by atoms with van der Waals surface area (Å²) in [5.41, 5.74) is 1.53. The van der Waals surface area contributed by atoms with Crippen LogP contribution in [0.25, 0.3) is 0 Å². The average molecular weight is 255 g/mol. The standard InChI is InChI=1S/C15H17N3O/c19-15-13-9-5-4-8-12(13)14(18-15)17-10-16-11-6-2-1-3-7-11/h4-5,8-9,11,16H,1-3,6-7H2,(H,17,18,19). The van der Waals surface area contributed by atoms with Gasteiger partial charge in [0.05, 0.1) is 5.56 Å². The van der Waals surface area contributed by atoms with Crippen LogP contribution in [0.2, 0.25) is 0 Å². The Morgan fingerprint density at radius 2 is 1.89 bits per heavy atom. The first-order valence-electron chi connectivity index (χ1n) is 6.83. The smallest absolute Gasteiger partial charge is 0.257 e. The van der Waals surface area contributed by atoms with Crippen LogP contribution in [-0.2, 0) is 0 Å². The number of nitrogens with zero attached hydrogens (tertiary/aromatic N) is 1. The molecule has 0 saturated heterocycles. The molecule has 0 bridgehead atoms. The highest BCUT2D eigenvalue weighted by Crippen LogP contribution is 2.18. The second-order valence-electron chi connectivity index (χ2n) is 5.05. The molecule has 1 aromatic carbocycles. The maximum atomic E-state index is 11.7. The molecule has 3 rings (SSSR count). The summed E-state index contributed by atoms with van der Waals surface area (Å²) in [6, 6.07) is 7.94. The fraction of sp³-hybridized carbons (Fsp3) is 0.400. The van der Waals surface area contributed by atoms with Crippen molar-refractivity contribution < 1.29 is 4.79 Å². The maximum absolute atomic E-state index is 11.7. The predicted molar refractivity (Wildman–Crippen MR) is 73.7 cm³/mol. The third kappa shape index (κ3) is 2.68. The molecule has 2 radical (unpaired) electrons. The lowest BCUT2D eigenvalue weighted by molar-refractivity contribution is 0.0983. The van der Waals surface area contributed by atoms with E-state index in [1.165, 1.54) is 32.1 Å². The minimum atomic E-state index is -0.0891. The van der Waals surface area contributed by atoms with E-state index in [0.717, 1.165) is 5.56 Å². The summed E-state index contributed by atoms with van der Waals surface area (Å²) in [5.74, 6) is 0.498. The number of amides is 1. The van der Waals surface area contributed by atoms with E-state index in [2.05, 4.69) is 22.3 Å². The Balaban J connectivity index is 1.63. The summed E-state index contributed by atoms with van der Waals surface area (Å²) in [4.78, 5) is 15.9. The second-order valence-corrected chi connectivity index (χ2v) is 5.05. The Kier molecular flexibility index (Phi) is 3.60. The Morgan fingerprint density at radius 3 is 2.68 bits per heavy atom. The van der Waals surface area contributed by atoms with E-state index in [1.807, 2.05) is 24.3 Å². The fourth-order valence-electron chi connectivity index (χ4n) is 2.64. The van der Waals surface area contributed by atoms with Crippen LogP contribution in [0, 0.1) is 6.67 Å². The van der Waals surface area contributed by atoms with Crippen molar-refractivity contribution in [2.24, 2.45) is 4.99 Å². The van der Waals surface area contributed by atoms with Gasteiger partial charge in [-0.15, -0.1) is 0 Å². The summed E-state index contributed by atoms with van der Waals surface area (Å²) >= 11 is 0. The van der Waals surface area contributed by atoms with Crippen molar-refractivity contribution in [1.29, 1.82) is 0 Å². The van der Waals surface area contributed by atoms with Crippen molar-refractivity contribution in [3.63, 3.8) is 0 Å². The maximum Gasteiger partial charge on any atom is 0.257 e. The van der Waals surface area contributed by atoms with Crippen molar-refractivity contribution >= 4 is 11.7 Å². The number of hydrogen-bond donors (Lipinski definition) is 2. The Labute approximate surface area is 113 Å². The molecule has 1 fully saturated rings. The topological polar surface area (TPSA) is 53.5 Å². The van der Waals surface area contributed by atoms with Crippen LogP contribution in [0.1, 0.15) is 48.0 Å². The quantitative estimate of drug-likeness (QED) is 0.813. The van der Waals surface area contributed by atoms with E-state index in [9.17, 15) is 4.79 Å². The van der Waals surface area contributed by atoms with Crippen molar-refractivity contribution in [3.8, 4) is 0 Å². The van der Waals surface area contributed by atoms with Crippen LogP contribution in [0.5, 0.6) is 0 Å². The number of rotatable bonds is 3. The zero-order chi connectivity index (χ0) is 13.1. The summed E-state index contributed by atoms with van der Waals surface area (Å²) < 4.78 is 0. The molecular weight excluding hydrogens is 238 g/mol. The minimum Gasteiger partial charge on any atom is -0.306 e. The number of nitrogens with one attached hydrogen (secondary N) is 2. The van der Waals surface area contributed by atoms with Crippen molar-refractivity contribution in [2.75, 3.05) is 0 Å². The second kappa shape index (κ2) is 5.53. The molecule has 0 spiro atoms. The highest BCUT2D eigenvalue weighted by Gasteiger charge is 2.24. The zero-order valence-electron chi connectivity index (χ0n) is 10.8. The van der Waals surface area contributed by atoms with Crippen molar-refractivity contribution in [3.05, 3.63) is 42.1 Å². The Morgan fingerprint density at radius 1 is 1.16 bits per heavy atom. The summed E-state index contributed by atoms with van der Waals surface area (Å²) in [5, 5.41) is 5.97. The first-order chi connectivity index (χ1) is 9.34. The molecule has 4 nitrogen and oxygen atoms in total. The van der Waals surface area contributed by atoms with E-state index in [4.69, 9.17) is 0 Å². The molecule has 1 aliphatic heterocycles. The first-order valence-corrected chi connectivity index (χ1v) is 6.83. The van der Waals surface area contributed by atoms with Gasteiger partial charge in [-0.05, 0) is 18.9 Å². The molecule has 1 amide bonds. The molecule has 1 saturated carbocycles. The van der Waals surface area contributed by atoms with Crippen LogP contribution in [0.15, 0.2) is 29.3 Å². The van der Waals surface area contributed by atoms with Gasteiger partial charge in [0.1, 0.15) is 5.84 Å². The van der Waals surface area contributed by atoms with Gasteiger partial charge in [-0.1, -0.05) is 37.5 Å². The summed E-state index contributed by atoms with van der Waals surface area (Å²) in [6.07, 6.45) is 6.24. The van der Waals surface area contributed by atoms with Gasteiger partial charge in [0.25, 0.3) is 5.91 Å². The molecular formula is C15H17N3O. The minimum absolute atomic E-state index is 0.0891. The number of hydrogen-bond acceptors (Lipinski definition) is 3. The highest BCUT2D eigenvalue weighted by molar-refractivity contribution is 6.23. The number of benzene rings is 1. The largest absolute Gasteiger partial charge is 0.306 e. The van der Waals surface area contributed by atoms with Gasteiger partial charge >= 0.3 is 0 Å². The Bertz CT molecular complexity index is 504. The van der Waals surface area contributed by atoms with Crippen LogP contribution < -0.4 is 10.6 Å². The summed E-state index contributed by atoms with van der Waals surface area (Å²) in [7, 11) is 0. The number of amidine groups is 1. The van der Waals surface area contributed by atoms with Crippen molar-refractivity contribution in [2.45, 2.75) is 38.1 Å². The molecule has 2 N–H and O–H groups in total. The number of aliphatic imine (C=N–C) groups is 1. The van der Waals surface area contributed by atoms with E-state index >= 15 is 0 Å².